The number of carboxylic acid groups (broad SMARTS) is 1. The Morgan fingerprint density at radius 1 is 1.19 bits per heavy atom. The van der Waals surface area contributed by atoms with Crippen molar-refractivity contribution in [3.63, 3.8) is 0 Å². The van der Waals surface area contributed by atoms with Gasteiger partial charge in [-0.15, -0.1) is 0 Å². The highest BCUT2D eigenvalue weighted by molar-refractivity contribution is 6.06. The minimum absolute atomic E-state index is 0.00775. The second-order valence-corrected chi connectivity index (χ2v) is 7.28. The summed E-state index contributed by atoms with van der Waals surface area (Å²) >= 11 is 0. The number of carboxylic acids is 1. The van der Waals surface area contributed by atoms with E-state index in [1.165, 1.54) is 4.90 Å². The van der Waals surface area contributed by atoms with Crippen molar-refractivity contribution in [1.29, 1.82) is 0 Å². The van der Waals surface area contributed by atoms with E-state index < -0.39 is 18.0 Å². The van der Waals surface area contributed by atoms with Crippen molar-refractivity contribution in [2.75, 3.05) is 25.0 Å². The van der Waals surface area contributed by atoms with Crippen LogP contribution in [0.2, 0.25) is 0 Å². The van der Waals surface area contributed by atoms with E-state index in [2.05, 4.69) is 0 Å². The zero-order valence-corrected chi connectivity index (χ0v) is 15.1. The number of rotatable bonds is 4. The fraction of sp³-hybridized carbons (Fsp3) is 0.421. The van der Waals surface area contributed by atoms with E-state index in [0.29, 0.717) is 30.6 Å². The predicted molar refractivity (Wildman–Crippen MR) is 96.8 cm³/mol. The van der Waals surface area contributed by atoms with Gasteiger partial charge in [-0.25, -0.2) is 9.59 Å². The van der Waals surface area contributed by atoms with Gasteiger partial charge in [0.05, 0.1) is 18.1 Å². The first-order valence-electron chi connectivity index (χ1n) is 8.92. The minimum Gasteiger partial charge on any atom is -0.477 e. The summed E-state index contributed by atoms with van der Waals surface area (Å²) in [6.45, 7) is 2.82. The number of carbonyl (C=O) groups excluding carboxylic acids is 2. The number of aliphatic carboxylic acids is 1. The zero-order valence-electron chi connectivity index (χ0n) is 15.1. The molecule has 3 atom stereocenters. The SMILES string of the molecule is C[C@@H](O)[C@H]1C(=O)N2C(C(=O)O)=C(c3ccc(N4CCN(C)C4=O)cc3)C[C@H]12. The maximum atomic E-state index is 12.3. The largest absolute Gasteiger partial charge is 0.477 e. The molecule has 0 saturated carbocycles. The van der Waals surface area contributed by atoms with Crippen molar-refractivity contribution < 1.29 is 24.6 Å². The molecule has 0 aliphatic carbocycles. The van der Waals surface area contributed by atoms with Crippen molar-refractivity contribution in [2.45, 2.75) is 25.5 Å². The van der Waals surface area contributed by atoms with Gasteiger partial charge in [0.25, 0.3) is 0 Å². The molecule has 0 unspecified atom stereocenters. The van der Waals surface area contributed by atoms with Gasteiger partial charge in [0.1, 0.15) is 5.70 Å². The average molecular weight is 371 g/mol. The Kier molecular flexibility index (Phi) is 3.96. The minimum atomic E-state index is -1.15. The molecular formula is C19H21N3O5. The number of carbonyl (C=O) groups is 3. The Hall–Kier alpha value is -2.87. The van der Waals surface area contributed by atoms with E-state index >= 15 is 0 Å². The van der Waals surface area contributed by atoms with Gasteiger partial charge in [-0.1, -0.05) is 12.1 Å². The number of anilines is 1. The van der Waals surface area contributed by atoms with Crippen LogP contribution in [0.1, 0.15) is 18.9 Å². The number of urea groups is 1. The Morgan fingerprint density at radius 3 is 2.37 bits per heavy atom. The van der Waals surface area contributed by atoms with Gasteiger partial charge in [0.15, 0.2) is 0 Å². The van der Waals surface area contributed by atoms with Crippen LogP contribution < -0.4 is 4.90 Å². The lowest BCUT2D eigenvalue weighted by Crippen LogP contribution is -2.61. The second-order valence-electron chi connectivity index (χ2n) is 7.28. The number of amides is 3. The van der Waals surface area contributed by atoms with E-state index in [0.717, 1.165) is 5.69 Å². The topological polar surface area (TPSA) is 101 Å². The van der Waals surface area contributed by atoms with Crippen LogP contribution in [-0.4, -0.2) is 70.2 Å². The van der Waals surface area contributed by atoms with Gasteiger partial charge in [0, 0.05) is 25.8 Å². The number of likely N-dealkylation sites (N-methyl/N-ethyl adjacent to an activating group) is 1. The van der Waals surface area contributed by atoms with Gasteiger partial charge >= 0.3 is 12.0 Å². The van der Waals surface area contributed by atoms with Crippen LogP contribution >= 0.6 is 0 Å². The number of benzene rings is 1. The van der Waals surface area contributed by atoms with Gasteiger partial charge in [0.2, 0.25) is 5.91 Å². The summed E-state index contributed by atoms with van der Waals surface area (Å²) in [7, 11) is 1.75. The van der Waals surface area contributed by atoms with E-state index in [-0.39, 0.29) is 23.7 Å². The molecule has 3 amide bonds. The number of aliphatic hydroxyl groups is 1. The summed E-state index contributed by atoms with van der Waals surface area (Å²) in [6, 6.07) is 6.78. The van der Waals surface area contributed by atoms with Crippen molar-refractivity contribution in [3.05, 3.63) is 35.5 Å². The molecule has 8 heteroatoms. The lowest BCUT2D eigenvalue weighted by atomic mass is 9.82. The van der Waals surface area contributed by atoms with Crippen LogP contribution in [0.5, 0.6) is 0 Å². The van der Waals surface area contributed by atoms with Crippen LogP contribution in [0.15, 0.2) is 30.0 Å². The molecule has 4 rings (SSSR count). The molecule has 2 fully saturated rings. The van der Waals surface area contributed by atoms with Gasteiger partial charge in [-0.05, 0) is 36.6 Å². The fourth-order valence-corrected chi connectivity index (χ4v) is 4.26. The zero-order chi connectivity index (χ0) is 19.5. The third-order valence-corrected chi connectivity index (χ3v) is 5.67. The summed E-state index contributed by atoms with van der Waals surface area (Å²) in [5, 5.41) is 19.4. The molecule has 3 heterocycles. The lowest BCUT2D eigenvalue weighted by molar-refractivity contribution is -0.161. The third-order valence-electron chi connectivity index (χ3n) is 5.67. The summed E-state index contributed by atoms with van der Waals surface area (Å²) in [5.74, 6) is -2.05. The quantitative estimate of drug-likeness (QED) is 0.768. The predicted octanol–water partition coefficient (Wildman–Crippen LogP) is 0.966. The molecule has 0 bridgehead atoms. The highest BCUT2D eigenvalue weighted by Gasteiger charge is 2.56. The molecule has 0 radical (unpaired) electrons. The molecule has 142 valence electrons. The van der Waals surface area contributed by atoms with Crippen molar-refractivity contribution in [1.82, 2.24) is 9.80 Å². The highest BCUT2D eigenvalue weighted by atomic mass is 16.4. The molecule has 0 aromatic heterocycles. The molecule has 3 aliphatic rings. The van der Waals surface area contributed by atoms with Gasteiger partial charge < -0.3 is 20.0 Å². The highest BCUT2D eigenvalue weighted by Crippen LogP contribution is 2.47. The van der Waals surface area contributed by atoms with E-state index in [9.17, 15) is 24.6 Å². The lowest BCUT2D eigenvalue weighted by Gasteiger charge is -2.44. The molecule has 1 aromatic carbocycles. The standard InChI is InChI=1S/C19H21N3O5/c1-10(23)15-14-9-13(16(18(25)26)22(14)17(15)24)11-3-5-12(6-4-11)21-8-7-20(2)19(21)27/h3-6,10,14-15,23H,7-9H2,1-2H3,(H,25,26)/t10-,14-,15-/m1/s1. The Labute approximate surface area is 156 Å². The van der Waals surface area contributed by atoms with Crippen molar-refractivity contribution in [3.8, 4) is 0 Å². The van der Waals surface area contributed by atoms with Crippen molar-refractivity contribution in [2.24, 2.45) is 5.92 Å². The summed E-state index contributed by atoms with van der Waals surface area (Å²) in [5.41, 5.74) is 2.04. The van der Waals surface area contributed by atoms with Crippen LogP contribution in [0.25, 0.3) is 5.57 Å². The van der Waals surface area contributed by atoms with Crippen LogP contribution in [0, 0.1) is 5.92 Å². The average Bonchev–Trinajstić information content (AvgIpc) is 3.13. The van der Waals surface area contributed by atoms with E-state index in [1.54, 1.807) is 48.0 Å². The maximum Gasteiger partial charge on any atom is 0.352 e. The number of hydrogen-bond donors (Lipinski definition) is 2. The smallest absolute Gasteiger partial charge is 0.352 e. The van der Waals surface area contributed by atoms with Crippen molar-refractivity contribution >= 4 is 29.2 Å². The molecule has 0 spiro atoms. The molecular weight excluding hydrogens is 350 g/mol. The van der Waals surface area contributed by atoms with E-state index in [4.69, 9.17) is 0 Å². The Morgan fingerprint density at radius 2 is 1.85 bits per heavy atom. The number of β-lactam (4-membered cyclic amide) rings is 1. The molecule has 27 heavy (non-hydrogen) atoms. The number of aliphatic hydroxyl groups excluding tert-OH is 1. The molecule has 8 nitrogen and oxygen atoms in total. The van der Waals surface area contributed by atoms with Gasteiger partial charge in [-0.2, -0.15) is 0 Å². The number of nitrogens with zero attached hydrogens (tertiary/aromatic N) is 3. The van der Waals surface area contributed by atoms with E-state index in [1.807, 2.05) is 0 Å². The summed E-state index contributed by atoms with van der Waals surface area (Å²) in [4.78, 5) is 40.8. The first-order valence-corrected chi connectivity index (χ1v) is 8.92. The monoisotopic (exact) mass is 371 g/mol. The number of fused-ring (bicyclic) bond motifs is 1. The Balaban J connectivity index is 1.64. The van der Waals surface area contributed by atoms with Gasteiger partial charge in [-0.3, -0.25) is 9.69 Å². The summed E-state index contributed by atoms with van der Waals surface area (Å²) < 4.78 is 0. The Bertz CT molecular complexity index is 861. The summed E-state index contributed by atoms with van der Waals surface area (Å²) in [6.07, 6.45) is -0.415. The maximum absolute atomic E-state index is 12.3. The molecule has 2 N–H and O–H groups in total. The molecule has 2 saturated heterocycles. The van der Waals surface area contributed by atoms with Crippen LogP contribution in [0.3, 0.4) is 0 Å². The fourth-order valence-electron chi connectivity index (χ4n) is 4.26. The third kappa shape index (κ3) is 2.51. The first kappa shape index (κ1) is 17.5. The molecule has 1 aromatic rings. The normalized spacial score (nSPS) is 25.8. The number of hydrogen-bond acceptors (Lipinski definition) is 4. The second kappa shape index (κ2) is 6.09. The molecule has 3 aliphatic heterocycles. The van der Waals surface area contributed by atoms with Crippen LogP contribution in [-0.2, 0) is 9.59 Å². The van der Waals surface area contributed by atoms with Crippen LogP contribution in [0.4, 0.5) is 10.5 Å². The first-order chi connectivity index (χ1) is 12.8.